The van der Waals surface area contributed by atoms with E-state index >= 15 is 0 Å². The van der Waals surface area contributed by atoms with Crippen molar-refractivity contribution in [2.24, 2.45) is 0 Å². The van der Waals surface area contributed by atoms with Crippen molar-refractivity contribution in [3.8, 4) is 11.1 Å². The number of aliphatic carboxylic acids is 1. The van der Waals surface area contributed by atoms with Gasteiger partial charge in [0.1, 0.15) is 6.61 Å². The van der Waals surface area contributed by atoms with E-state index in [-0.39, 0.29) is 18.9 Å². The van der Waals surface area contributed by atoms with Crippen LogP contribution in [0.1, 0.15) is 40.1 Å². The molecule has 1 atom stereocenters. The number of nitrogens with zero attached hydrogens (tertiary/aromatic N) is 2. The Morgan fingerprint density at radius 3 is 2.31 bits per heavy atom. The van der Waals surface area contributed by atoms with Gasteiger partial charge >= 0.3 is 12.1 Å². The van der Waals surface area contributed by atoms with Gasteiger partial charge in [0.25, 0.3) is 0 Å². The van der Waals surface area contributed by atoms with E-state index < -0.39 is 18.1 Å². The number of aromatic nitrogens is 2. The molecule has 0 spiro atoms. The number of hydrogen-bond acceptors (Lipinski definition) is 6. The molecule has 148 valence electrons. The van der Waals surface area contributed by atoms with Gasteiger partial charge in [-0.25, -0.2) is 4.79 Å². The van der Waals surface area contributed by atoms with Gasteiger partial charge in [-0.05, 0) is 40.7 Å². The summed E-state index contributed by atoms with van der Waals surface area (Å²) in [4.78, 5) is 24.3. The molecule has 1 aromatic heterocycles. The predicted octanol–water partition coefficient (Wildman–Crippen LogP) is 3.90. The molecule has 2 aromatic carbocycles. The van der Waals surface area contributed by atoms with E-state index in [1.54, 1.807) is 6.92 Å². The molecule has 1 heterocycles. The number of carbonyl (C=O) groups excluding carboxylic acids is 1. The van der Waals surface area contributed by atoms with Crippen LogP contribution in [0.15, 0.2) is 48.5 Å². The molecule has 1 amide bonds. The van der Waals surface area contributed by atoms with E-state index in [1.165, 1.54) is 0 Å². The van der Waals surface area contributed by atoms with E-state index in [4.69, 9.17) is 4.74 Å². The molecule has 0 aliphatic heterocycles. The van der Waals surface area contributed by atoms with Crippen molar-refractivity contribution in [3.05, 3.63) is 70.2 Å². The summed E-state index contributed by atoms with van der Waals surface area (Å²) >= 11 is 1.07. The van der Waals surface area contributed by atoms with Gasteiger partial charge in [-0.2, -0.15) is 0 Å². The van der Waals surface area contributed by atoms with Crippen LogP contribution in [-0.4, -0.2) is 33.4 Å². The molecule has 0 bridgehead atoms. The Balaban J connectivity index is 1.48. The highest BCUT2D eigenvalue weighted by Crippen LogP contribution is 2.44. The lowest BCUT2D eigenvalue weighted by atomic mass is 9.98. The molecule has 0 unspecified atom stereocenters. The average molecular weight is 409 g/mol. The molecule has 7 nitrogen and oxygen atoms in total. The zero-order chi connectivity index (χ0) is 20.4. The number of carbonyl (C=O) groups is 2. The molecule has 3 aromatic rings. The van der Waals surface area contributed by atoms with Crippen LogP contribution in [0.2, 0.25) is 0 Å². The van der Waals surface area contributed by atoms with E-state index in [0.29, 0.717) is 10.6 Å². The molecular formula is C21H19N3O4S. The van der Waals surface area contributed by atoms with Gasteiger partial charge in [0, 0.05) is 5.92 Å². The van der Waals surface area contributed by atoms with Crippen molar-refractivity contribution >= 4 is 23.6 Å². The fourth-order valence-electron chi connectivity index (χ4n) is 3.72. The van der Waals surface area contributed by atoms with Crippen molar-refractivity contribution in [3.63, 3.8) is 0 Å². The Kier molecular flexibility index (Phi) is 5.26. The first-order valence-electron chi connectivity index (χ1n) is 9.16. The monoisotopic (exact) mass is 409 g/mol. The third kappa shape index (κ3) is 3.84. The van der Waals surface area contributed by atoms with Gasteiger partial charge in [-0.15, -0.1) is 5.10 Å². The highest BCUT2D eigenvalue weighted by molar-refractivity contribution is 7.05. The third-order valence-electron chi connectivity index (χ3n) is 5.02. The predicted molar refractivity (Wildman–Crippen MR) is 108 cm³/mol. The van der Waals surface area contributed by atoms with E-state index in [2.05, 4.69) is 27.0 Å². The second-order valence-electron chi connectivity index (χ2n) is 6.84. The molecule has 4 rings (SSSR count). The van der Waals surface area contributed by atoms with Crippen molar-refractivity contribution in [2.45, 2.75) is 25.3 Å². The lowest BCUT2D eigenvalue weighted by Crippen LogP contribution is -2.31. The number of rotatable bonds is 6. The molecular weight excluding hydrogens is 390 g/mol. The van der Waals surface area contributed by atoms with Gasteiger partial charge in [0.2, 0.25) is 0 Å². The normalized spacial score (nSPS) is 13.4. The van der Waals surface area contributed by atoms with Gasteiger partial charge in [0.05, 0.1) is 23.0 Å². The molecule has 8 heteroatoms. The first kappa shape index (κ1) is 19.1. The third-order valence-corrected chi connectivity index (χ3v) is 5.96. The highest BCUT2D eigenvalue weighted by Gasteiger charge is 2.30. The van der Waals surface area contributed by atoms with Crippen molar-refractivity contribution in [2.75, 3.05) is 6.61 Å². The number of alkyl carbamates (subject to hydrolysis) is 1. The van der Waals surface area contributed by atoms with E-state index in [9.17, 15) is 14.7 Å². The van der Waals surface area contributed by atoms with Crippen LogP contribution in [0.3, 0.4) is 0 Å². The van der Waals surface area contributed by atoms with Crippen LogP contribution in [0, 0.1) is 6.92 Å². The molecule has 0 fully saturated rings. The Bertz CT molecular complexity index is 1020. The number of benzene rings is 2. The molecule has 0 radical (unpaired) electrons. The molecule has 29 heavy (non-hydrogen) atoms. The summed E-state index contributed by atoms with van der Waals surface area (Å²) in [6, 6.07) is 15.4. The van der Waals surface area contributed by atoms with Crippen LogP contribution < -0.4 is 5.32 Å². The minimum atomic E-state index is -1.03. The van der Waals surface area contributed by atoms with Gasteiger partial charge in [0.15, 0.2) is 0 Å². The number of carboxylic acids is 1. The van der Waals surface area contributed by atoms with Crippen molar-refractivity contribution in [1.82, 2.24) is 14.9 Å². The zero-order valence-corrected chi connectivity index (χ0v) is 16.5. The quantitative estimate of drug-likeness (QED) is 0.640. The van der Waals surface area contributed by atoms with E-state index in [1.807, 2.05) is 36.4 Å². The summed E-state index contributed by atoms with van der Waals surface area (Å²) in [5.74, 6) is -1.08. The van der Waals surface area contributed by atoms with Crippen molar-refractivity contribution < 1.29 is 19.4 Å². The number of nitrogens with one attached hydrogen (secondary N) is 1. The largest absolute Gasteiger partial charge is 0.481 e. The minimum absolute atomic E-state index is 0.0575. The average Bonchev–Trinajstić information content (AvgIpc) is 3.27. The Morgan fingerprint density at radius 2 is 1.76 bits per heavy atom. The summed E-state index contributed by atoms with van der Waals surface area (Å²) in [7, 11) is 0. The smallest absolute Gasteiger partial charge is 0.407 e. The molecule has 0 saturated heterocycles. The molecule has 0 saturated carbocycles. The summed E-state index contributed by atoms with van der Waals surface area (Å²) in [6.07, 6.45) is -0.930. The first-order chi connectivity index (χ1) is 14.0. The number of aryl methyl sites for hydroxylation is 1. The van der Waals surface area contributed by atoms with Crippen LogP contribution >= 0.6 is 11.5 Å². The Labute approximate surface area is 171 Å². The molecule has 2 N–H and O–H groups in total. The summed E-state index contributed by atoms with van der Waals surface area (Å²) in [5.41, 5.74) is 5.12. The SMILES string of the molecule is Cc1nnsc1[C@@H](CC(=O)O)NC(=O)OCC1c2ccccc2-c2ccccc21. The maximum Gasteiger partial charge on any atom is 0.407 e. The van der Waals surface area contributed by atoms with Crippen LogP contribution in [0.25, 0.3) is 11.1 Å². The number of amides is 1. The number of fused-ring (bicyclic) bond motifs is 3. The van der Waals surface area contributed by atoms with Crippen LogP contribution in [-0.2, 0) is 9.53 Å². The second-order valence-corrected chi connectivity index (χ2v) is 7.63. The van der Waals surface area contributed by atoms with Gasteiger partial charge in [-0.1, -0.05) is 53.0 Å². The Morgan fingerprint density at radius 1 is 1.14 bits per heavy atom. The second kappa shape index (κ2) is 8.00. The minimum Gasteiger partial charge on any atom is -0.481 e. The van der Waals surface area contributed by atoms with E-state index in [0.717, 1.165) is 33.8 Å². The van der Waals surface area contributed by atoms with Gasteiger partial charge < -0.3 is 15.2 Å². The summed E-state index contributed by atoms with van der Waals surface area (Å²) in [5, 5.41) is 15.7. The standard InChI is InChI=1S/C21H19N3O4S/c1-12-20(29-24-23-12)18(10-19(25)26)22-21(27)28-11-17-15-8-4-2-6-13(15)14-7-3-5-9-16(14)17/h2-9,17-18H,10-11H2,1H3,(H,22,27)(H,25,26)/t18-/m1/s1. The maximum atomic E-state index is 12.5. The summed E-state index contributed by atoms with van der Waals surface area (Å²) in [6.45, 7) is 1.90. The lowest BCUT2D eigenvalue weighted by Gasteiger charge is -2.18. The Hall–Kier alpha value is -3.26. The van der Waals surface area contributed by atoms with Crippen molar-refractivity contribution in [1.29, 1.82) is 0 Å². The fourth-order valence-corrected chi connectivity index (χ4v) is 4.42. The topological polar surface area (TPSA) is 101 Å². The van der Waals surface area contributed by atoms with Crippen LogP contribution in [0.5, 0.6) is 0 Å². The molecule has 1 aliphatic carbocycles. The highest BCUT2D eigenvalue weighted by atomic mass is 32.1. The lowest BCUT2D eigenvalue weighted by molar-refractivity contribution is -0.137. The summed E-state index contributed by atoms with van der Waals surface area (Å²) < 4.78 is 9.33. The fraction of sp³-hybridized carbons (Fsp3) is 0.238. The molecule has 1 aliphatic rings. The number of ether oxygens (including phenoxy) is 1. The number of hydrogen-bond donors (Lipinski definition) is 2. The maximum absolute atomic E-state index is 12.5. The van der Waals surface area contributed by atoms with Gasteiger partial charge in [-0.3, -0.25) is 4.79 Å². The number of carboxylic acid groups (broad SMARTS) is 1. The van der Waals surface area contributed by atoms with Crippen LogP contribution in [0.4, 0.5) is 4.79 Å². The zero-order valence-electron chi connectivity index (χ0n) is 15.7. The first-order valence-corrected chi connectivity index (χ1v) is 9.94.